The Morgan fingerprint density at radius 3 is 0.816 bits per heavy atom. The fourth-order valence-corrected chi connectivity index (χ4v) is 12.3. The maximum atomic E-state index is 13.0. The number of phosphoric acid groups is 2. The second-order valence-corrected chi connectivity index (χ2v) is 29.7. The van der Waals surface area contributed by atoms with Gasteiger partial charge in [-0.2, -0.15) is 0 Å². The minimum absolute atomic E-state index is 0.0877. The second kappa shape index (κ2) is 77.3. The topological polar surface area (TPSA) is 231 Å². The molecule has 0 saturated heterocycles. The third-order valence-electron chi connectivity index (χ3n) is 16.8. The summed E-state index contributed by atoms with van der Waals surface area (Å²) in [6.45, 7) is 2.51. The van der Waals surface area contributed by atoms with Crippen LogP contribution in [0.15, 0.2) is 134 Å². The SMILES string of the molecule is CC/C=C\C/C=C\C/C=C\CCCCCCCCCC(=O)OC(COC(=O)CCCCCCCCC/C=C\C/C=C\C/C=C\C/C=C\CCCCC)COP(=O)(O)OCC(O)COP(=O)(O)OCC(O)COC(=O)CCCCCCCCCCCCC/C=C\C/C=C\C/C=C\C/C=C\CCCCC. The predicted octanol–water partition coefficient (Wildman–Crippen LogP) is 23.9. The van der Waals surface area contributed by atoms with Crippen LogP contribution < -0.4 is 0 Å². The van der Waals surface area contributed by atoms with Crippen LogP contribution >= 0.6 is 15.6 Å². The average molecular weight is 1490 g/mol. The number of hydrogen-bond acceptors (Lipinski definition) is 14. The van der Waals surface area contributed by atoms with Crippen molar-refractivity contribution in [3.63, 3.8) is 0 Å². The third-order valence-corrected chi connectivity index (χ3v) is 18.7. The van der Waals surface area contributed by atoms with Gasteiger partial charge in [-0.15, -0.1) is 0 Å². The Kier molecular flexibility index (Phi) is 74.1. The van der Waals surface area contributed by atoms with Crippen molar-refractivity contribution in [3.05, 3.63) is 134 Å². The number of carbonyl (C=O) groups is 3. The summed E-state index contributed by atoms with van der Waals surface area (Å²) in [5, 5.41) is 20.7. The number of carbonyl (C=O) groups excluding carboxylic acids is 3. The zero-order chi connectivity index (χ0) is 75.2. The van der Waals surface area contributed by atoms with Crippen LogP contribution in [0.25, 0.3) is 0 Å². The number of allylic oxidation sites excluding steroid dienone is 22. The summed E-state index contributed by atoms with van der Waals surface area (Å²) in [6, 6.07) is 0. The van der Waals surface area contributed by atoms with E-state index in [-0.39, 0.29) is 19.3 Å². The minimum Gasteiger partial charge on any atom is -0.463 e. The first-order valence-corrected chi connectivity index (χ1v) is 43.5. The lowest BCUT2D eigenvalue weighted by Crippen LogP contribution is -2.30. The molecule has 0 rings (SSSR count). The maximum absolute atomic E-state index is 13.0. The maximum Gasteiger partial charge on any atom is 0.472 e. The molecule has 0 amide bonds. The molecule has 0 spiro atoms. The van der Waals surface area contributed by atoms with Gasteiger partial charge in [0.2, 0.25) is 0 Å². The largest absolute Gasteiger partial charge is 0.472 e. The zero-order valence-electron chi connectivity index (χ0n) is 64.7. The molecule has 0 aliphatic heterocycles. The van der Waals surface area contributed by atoms with E-state index in [0.29, 0.717) is 19.3 Å². The van der Waals surface area contributed by atoms with E-state index in [1.165, 1.54) is 96.3 Å². The molecule has 4 N–H and O–H groups in total. The van der Waals surface area contributed by atoms with Gasteiger partial charge >= 0.3 is 33.6 Å². The second-order valence-electron chi connectivity index (χ2n) is 26.8. The number of unbranched alkanes of at least 4 members (excludes halogenated alkanes) is 31. The fourth-order valence-electron chi connectivity index (χ4n) is 10.7. The minimum atomic E-state index is -4.94. The van der Waals surface area contributed by atoms with Crippen molar-refractivity contribution < 1.29 is 75.8 Å². The Balaban J connectivity index is 4.61. The Morgan fingerprint density at radius 2 is 0.515 bits per heavy atom. The smallest absolute Gasteiger partial charge is 0.463 e. The normalized spacial score (nSPS) is 14.7. The first kappa shape index (κ1) is 98.7. The van der Waals surface area contributed by atoms with Crippen molar-refractivity contribution in [3.8, 4) is 0 Å². The monoisotopic (exact) mass is 1490 g/mol. The standard InChI is InChI=1S/C85H146O16P2/c1-4-7-10-13-16-19-22-25-28-31-33-35-37-38-39-40-42-44-45-48-50-53-56-59-62-65-68-71-83(88)95-74-80(86)75-97-102(91,92)98-76-81(87)77-99-103(93,94)100-79-82(101-85(90)73-70-67-64-61-58-55-52-47-30-27-24-21-18-15-12-9-6-3)78-96-84(89)72-69-66-63-60-57-54-51-49-46-43-41-36-34-32-29-26-23-20-17-14-11-8-5-2/h9,12,16-21,25-30,33-36,38-39,43,46,80-82,86-87H,4-8,10-11,13-15,22-24,31-32,37,40-42,44-45,47-79H2,1-3H3,(H,91,92)(H,93,94)/b12-9-,19-16-,20-17-,21-18-,28-25-,29-26-,30-27-,35-33-,36-34-,39-38-,46-43-. The summed E-state index contributed by atoms with van der Waals surface area (Å²) in [4.78, 5) is 58.7. The van der Waals surface area contributed by atoms with Crippen molar-refractivity contribution in [2.24, 2.45) is 0 Å². The van der Waals surface area contributed by atoms with Gasteiger partial charge in [-0.05, 0) is 141 Å². The molecule has 0 aliphatic rings. The lowest BCUT2D eigenvalue weighted by Gasteiger charge is -2.21. The van der Waals surface area contributed by atoms with E-state index in [1.807, 2.05) is 0 Å². The van der Waals surface area contributed by atoms with Gasteiger partial charge in [0.1, 0.15) is 25.4 Å². The summed E-state index contributed by atoms with van der Waals surface area (Å²) in [5.41, 5.74) is 0. The molecule has 0 aromatic carbocycles. The number of aliphatic hydroxyl groups is 2. The van der Waals surface area contributed by atoms with Gasteiger partial charge in [0.15, 0.2) is 6.10 Å². The molecule has 592 valence electrons. The number of phosphoric ester groups is 2. The zero-order valence-corrected chi connectivity index (χ0v) is 66.5. The molecule has 103 heavy (non-hydrogen) atoms. The highest BCUT2D eigenvalue weighted by Crippen LogP contribution is 2.45. The Hall–Kier alpha value is -4.31. The van der Waals surface area contributed by atoms with Crippen molar-refractivity contribution in [1.82, 2.24) is 0 Å². The molecule has 0 aromatic rings. The first-order valence-electron chi connectivity index (χ1n) is 40.5. The van der Waals surface area contributed by atoms with E-state index >= 15 is 0 Å². The molecule has 5 atom stereocenters. The van der Waals surface area contributed by atoms with E-state index in [9.17, 15) is 43.5 Å². The average Bonchev–Trinajstić information content (AvgIpc) is 0.936. The summed E-state index contributed by atoms with van der Waals surface area (Å²) in [7, 11) is -9.80. The Morgan fingerprint density at radius 1 is 0.282 bits per heavy atom. The van der Waals surface area contributed by atoms with Gasteiger partial charge in [0.05, 0.1) is 26.4 Å². The van der Waals surface area contributed by atoms with Crippen molar-refractivity contribution >= 4 is 33.6 Å². The molecule has 0 bridgehead atoms. The summed E-state index contributed by atoms with van der Waals surface area (Å²) < 4.78 is 61.2. The molecule has 18 heteroatoms. The van der Waals surface area contributed by atoms with Crippen molar-refractivity contribution in [1.29, 1.82) is 0 Å². The quantitative estimate of drug-likeness (QED) is 0.0146. The van der Waals surface area contributed by atoms with E-state index in [1.54, 1.807) is 0 Å². The van der Waals surface area contributed by atoms with Crippen LogP contribution in [0.5, 0.6) is 0 Å². The highest BCUT2D eigenvalue weighted by Gasteiger charge is 2.29. The number of hydrogen-bond donors (Lipinski definition) is 4. The molecule has 0 heterocycles. The van der Waals surface area contributed by atoms with Crippen LogP contribution in [0, 0.1) is 0 Å². The summed E-state index contributed by atoms with van der Waals surface area (Å²) in [6.07, 6.45) is 93.4. The lowest BCUT2D eigenvalue weighted by atomic mass is 10.0. The van der Waals surface area contributed by atoms with Crippen LogP contribution in [0.3, 0.4) is 0 Å². The predicted molar refractivity (Wildman–Crippen MR) is 426 cm³/mol. The summed E-state index contributed by atoms with van der Waals surface area (Å²) in [5.74, 6) is -1.60. The van der Waals surface area contributed by atoms with Gasteiger partial charge in [-0.1, -0.05) is 302 Å². The number of esters is 3. The number of rotatable bonds is 76. The van der Waals surface area contributed by atoms with Crippen LogP contribution in [0.2, 0.25) is 0 Å². The van der Waals surface area contributed by atoms with Gasteiger partial charge in [-0.3, -0.25) is 32.5 Å². The highest BCUT2D eigenvalue weighted by atomic mass is 31.2. The van der Waals surface area contributed by atoms with Crippen LogP contribution in [-0.4, -0.2) is 95.9 Å². The van der Waals surface area contributed by atoms with Crippen molar-refractivity contribution in [2.75, 3.05) is 39.6 Å². The molecule has 0 aromatic heterocycles. The van der Waals surface area contributed by atoms with Crippen LogP contribution in [0.4, 0.5) is 0 Å². The lowest BCUT2D eigenvalue weighted by molar-refractivity contribution is -0.161. The van der Waals surface area contributed by atoms with Gasteiger partial charge in [0, 0.05) is 19.3 Å². The van der Waals surface area contributed by atoms with E-state index in [4.69, 9.17) is 32.3 Å². The van der Waals surface area contributed by atoms with Gasteiger partial charge in [-0.25, -0.2) is 9.13 Å². The van der Waals surface area contributed by atoms with Crippen molar-refractivity contribution in [2.45, 2.75) is 347 Å². The van der Waals surface area contributed by atoms with E-state index in [0.717, 1.165) is 173 Å². The first-order chi connectivity index (χ1) is 50.2. The molecule has 0 aliphatic carbocycles. The van der Waals surface area contributed by atoms with Crippen LogP contribution in [0.1, 0.15) is 329 Å². The molecular formula is C85H146O16P2. The molecule has 0 saturated carbocycles. The Bertz CT molecular complexity index is 2410. The van der Waals surface area contributed by atoms with E-state index in [2.05, 4.69) is 154 Å². The number of ether oxygens (including phenoxy) is 3. The number of aliphatic hydroxyl groups excluding tert-OH is 2. The van der Waals surface area contributed by atoms with E-state index < -0.39 is 91.5 Å². The molecular weight excluding hydrogens is 1340 g/mol. The van der Waals surface area contributed by atoms with Gasteiger partial charge < -0.3 is 34.2 Å². The van der Waals surface area contributed by atoms with Gasteiger partial charge in [0.25, 0.3) is 0 Å². The third kappa shape index (κ3) is 78.6. The summed E-state index contributed by atoms with van der Waals surface area (Å²) >= 11 is 0. The van der Waals surface area contributed by atoms with Crippen LogP contribution in [-0.2, 0) is 55.8 Å². The Labute approximate surface area is 626 Å². The molecule has 16 nitrogen and oxygen atoms in total. The molecule has 0 radical (unpaired) electrons. The fraction of sp³-hybridized carbons (Fsp3) is 0.706. The molecule has 5 unspecified atom stereocenters. The molecule has 0 fully saturated rings. The highest BCUT2D eigenvalue weighted by molar-refractivity contribution is 7.47.